The molecule has 2 heterocycles. The lowest BCUT2D eigenvalue weighted by atomic mass is 10.1. The van der Waals surface area contributed by atoms with Gasteiger partial charge in [0.25, 0.3) is 0 Å². The molecule has 0 aliphatic carbocycles. The van der Waals surface area contributed by atoms with Gasteiger partial charge in [-0.25, -0.2) is 10.9 Å². The van der Waals surface area contributed by atoms with E-state index in [0.717, 1.165) is 6.54 Å². The zero-order valence-corrected chi connectivity index (χ0v) is 9.26. The Labute approximate surface area is 89.1 Å². The molecule has 2 aliphatic heterocycles. The van der Waals surface area contributed by atoms with Gasteiger partial charge in [-0.15, -0.1) is 0 Å². The number of hydrazine groups is 2. The Morgan fingerprint density at radius 3 is 2.73 bits per heavy atom. The number of carbonyl (C=O) groups excluding carboxylic acids is 1. The molecule has 2 aliphatic rings. The zero-order chi connectivity index (χ0) is 11.1. The first-order valence-corrected chi connectivity index (χ1v) is 5.20. The standard InChI is InChI=1S/C9H18N4O2/c1-9(2,3)15-8(14)7-6-5(4-10-7)11-13-12-6/h5-7,10-13H,4H2,1-3H3. The fraction of sp³-hybridized carbons (Fsp3) is 0.889. The summed E-state index contributed by atoms with van der Waals surface area (Å²) in [5.41, 5.74) is 8.44. The minimum absolute atomic E-state index is 0.0554. The van der Waals surface area contributed by atoms with E-state index in [1.807, 2.05) is 20.8 Å². The largest absolute Gasteiger partial charge is 0.459 e. The van der Waals surface area contributed by atoms with E-state index in [4.69, 9.17) is 4.74 Å². The van der Waals surface area contributed by atoms with Crippen LogP contribution in [0.25, 0.3) is 0 Å². The summed E-state index contributed by atoms with van der Waals surface area (Å²) >= 11 is 0. The molecule has 4 N–H and O–H groups in total. The number of rotatable bonds is 1. The second-order valence-electron chi connectivity index (χ2n) is 4.97. The first-order chi connectivity index (χ1) is 6.97. The van der Waals surface area contributed by atoms with Gasteiger partial charge in [0, 0.05) is 6.54 Å². The van der Waals surface area contributed by atoms with Crippen LogP contribution in [0.5, 0.6) is 0 Å². The molecule has 0 saturated carbocycles. The lowest BCUT2D eigenvalue weighted by Gasteiger charge is -2.24. The van der Waals surface area contributed by atoms with Gasteiger partial charge < -0.3 is 10.1 Å². The lowest BCUT2D eigenvalue weighted by molar-refractivity contribution is -0.157. The van der Waals surface area contributed by atoms with Gasteiger partial charge >= 0.3 is 5.97 Å². The summed E-state index contributed by atoms with van der Waals surface area (Å²) in [5.74, 6) is -0.201. The highest BCUT2D eigenvalue weighted by atomic mass is 16.6. The number of esters is 1. The monoisotopic (exact) mass is 214 g/mol. The SMILES string of the molecule is CC(C)(C)OC(=O)C1NCC2NNNC21. The third kappa shape index (κ3) is 2.28. The smallest absolute Gasteiger partial charge is 0.325 e. The lowest BCUT2D eigenvalue weighted by Crippen LogP contribution is -2.49. The van der Waals surface area contributed by atoms with Crippen LogP contribution in [0, 0.1) is 0 Å². The van der Waals surface area contributed by atoms with Crippen LogP contribution in [0.3, 0.4) is 0 Å². The van der Waals surface area contributed by atoms with E-state index in [2.05, 4.69) is 21.7 Å². The normalized spacial score (nSPS) is 35.3. The summed E-state index contributed by atoms with van der Waals surface area (Å²) in [4.78, 5) is 11.8. The van der Waals surface area contributed by atoms with Crippen LogP contribution >= 0.6 is 0 Å². The summed E-state index contributed by atoms with van der Waals surface area (Å²) in [7, 11) is 0. The molecule has 0 aromatic rings. The van der Waals surface area contributed by atoms with Crippen molar-refractivity contribution in [1.82, 2.24) is 21.7 Å². The second kappa shape index (κ2) is 3.71. The molecule has 0 amide bonds. The predicted octanol–water partition coefficient (Wildman–Crippen LogP) is -1.35. The van der Waals surface area contributed by atoms with Crippen molar-refractivity contribution in [3.05, 3.63) is 0 Å². The first kappa shape index (κ1) is 10.8. The topological polar surface area (TPSA) is 74.4 Å². The Balaban J connectivity index is 1.96. The Morgan fingerprint density at radius 2 is 2.07 bits per heavy atom. The van der Waals surface area contributed by atoms with Crippen molar-refractivity contribution in [2.45, 2.75) is 44.5 Å². The number of ether oxygens (including phenoxy) is 1. The maximum Gasteiger partial charge on any atom is 0.325 e. The second-order valence-corrected chi connectivity index (χ2v) is 4.97. The van der Waals surface area contributed by atoms with E-state index < -0.39 is 5.60 Å². The van der Waals surface area contributed by atoms with E-state index in [0.29, 0.717) is 0 Å². The van der Waals surface area contributed by atoms with Crippen LogP contribution in [0.2, 0.25) is 0 Å². The van der Waals surface area contributed by atoms with Gasteiger partial charge in [-0.1, -0.05) is 0 Å². The number of hydrogen-bond acceptors (Lipinski definition) is 6. The van der Waals surface area contributed by atoms with Crippen LogP contribution in [-0.2, 0) is 9.53 Å². The summed E-state index contributed by atoms with van der Waals surface area (Å²) in [5, 5.41) is 3.14. The summed E-state index contributed by atoms with van der Waals surface area (Å²) in [6, 6.07) is 0.0130. The van der Waals surface area contributed by atoms with E-state index in [9.17, 15) is 4.79 Å². The molecule has 0 bridgehead atoms. The minimum atomic E-state index is -0.434. The summed E-state index contributed by atoms with van der Waals surface area (Å²) < 4.78 is 5.33. The van der Waals surface area contributed by atoms with Gasteiger partial charge in [0.2, 0.25) is 0 Å². The first-order valence-electron chi connectivity index (χ1n) is 5.20. The van der Waals surface area contributed by atoms with Crippen LogP contribution in [-0.4, -0.2) is 36.2 Å². The highest BCUT2D eigenvalue weighted by Crippen LogP contribution is 2.15. The highest BCUT2D eigenvalue weighted by molar-refractivity contribution is 5.78. The molecular weight excluding hydrogens is 196 g/mol. The molecule has 6 nitrogen and oxygen atoms in total. The van der Waals surface area contributed by atoms with E-state index in [1.165, 1.54) is 0 Å². The number of nitrogens with one attached hydrogen (secondary N) is 4. The molecule has 86 valence electrons. The van der Waals surface area contributed by atoms with Crippen LogP contribution in [0.4, 0.5) is 0 Å². The number of hydrogen-bond donors (Lipinski definition) is 4. The number of fused-ring (bicyclic) bond motifs is 1. The van der Waals surface area contributed by atoms with E-state index in [-0.39, 0.29) is 24.1 Å². The van der Waals surface area contributed by atoms with Crippen LogP contribution < -0.4 is 21.7 Å². The third-order valence-electron chi connectivity index (χ3n) is 2.51. The summed E-state index contributed by atoms with van der Waals surface area (Å²) in [6.45, 7) is 6.37. The fourth-order valence-corrected chi connectivity index (χ4v) is 1.88. The Hall–Kier alpha value is -0.690. The third-order valence-corrected chi connectivity index (χ3v) is 2.51. The van der Waals surface area contributed by atoms with Crippen molar-refractivity contribution in [3.63, 3.8) is 0 Å². The van der Waals surface area contributed by atoms with Crippen LogP contribution in [0.15, 0.2) is 0 Å². The molecule has 0 aromatic heterocycles. The maximum atomic E-state index is 11.8. The Bertz CT molecular complexity index is 263. The summed E-state index contributed by atoms with van der Waals surface area (Å²) in [6.07, 6.45) is 0. The molecular formula is C9H18N4O2. The molecule has 0 spiro atoms. The van der Waals surface area contributed by atoms with Crippen molar-refractivity contribution in [1.29, 1.82) is 0 Å². The molecule has 6 heteroatoms. The zero-order valence-electron chi connectivity index (χ0n) is 9.26. The van der Waals surface area contributed by atoms with Crippen LogP contribution in [0.1, 0.15) is 20.8 Å². The van der Waals surface area contributed by atoms with Gasteiger partial charge in [0.15, 0.2) is 0 Å². The Morgan fingerprint density at radius 1 is 1.33 bits per heavy atom. The molecule has 3 unspecified atom stereocenters. The van der Waals surface area contributed by atoms with Crippen molar-refractivity contribution < 1.29 is 9.53 Å². The molecule has 0 radical (unpaired) electrons. The number of carbonyl (C=O) groups is 1. The fourth-order valence-electron chi connectivity index (χ4n) is 1.88. The molecule has 2 rings (SSSR count). The molecule has 2 fully saturated rings. The van der Waals surface area contributed by atoms with Crippen molar-refractivity contribution in [3.8, 4) is 0 Å². The van der Waals surface area contributed by atoms with E-state index >= 15 is 0 Å². The molecule has 2 saturated heterocycles. The average Bonchev–Trinajstić information content (AvgIpc) is 2.57. The quantitative estimate of drug-likeness (QED) is 0.404. The molecule has 0 aromatic carbocycles. The Kier molecular flexibility index (Phi) is 2.68. The van der Waals surface area contributed by atoms with Crippen molar-refractivity contribution >= 4 is 5.97 Å². The average molecular weight is 214 g/mol. The highest BCUT2D eigenvalue weighted by Gasteiger charge is 2.44. The van der Waals surface area contributed by atoms with Gasteiger partial charge in [0.05, 0.1) is 12.1 Å². The van der Waals surface area contributed by atoms with Gasteiger partial charge in [0.1, 0.15) is 11.6 Å². The van der Waals surface area contributed by atoms with Crippen molar-refractivity contribution in [2.75, 3.05) is 6.54 Å². The maximum absolute atomic E-state index is 11.8. The van der Waals surface area contributed by atoms with Crippen molar-refractivity contribution in [2.24, 2.45) is 0 Å². The van der Waals surface area contributed by atoms with Gasteiger partial charge in [-0.2, -0.15) is 5.53 Å². The van der Waals surface area contributed by atoms with Gasteiger partial charge in [-0.05, 0) is 20.8 Å². The predicted molar refractivity (Wildman–Crippen MR) is 54.6 cm³/mol. The van der Waals surface area contributed by atoms with E-state index in [1.54, 1.807) is 0 Å². The molecule has 15 heavy (non-hydrogen) atoms. The van der Waals surface area contributed by atoms with Gasteiger partial charge in [-0.3, -0.25) is 4.79 Å². The molecule has 3 atom stereocenters. The minimum Gasteiger partial charge on any atom is -0.459 e.